The smallest absolute Gasteiger partial charge is 0.312 e. The summed E-state index contributed by atoms with van der Waals surface area (Å²) in [6.07, 6.45) is -5.63. The Kier molecular flexibility index (Phi) is 11.8. The fourth-order valence-electron chi connectivity index (χ4n) is 4.77. The van der Waals surface area contributed by atoms with E-state index in [9.17, 15) is 24.0 Å². The number of nitrogens with one attached hydrogen (secondary N) is 1. The van der Waals surface area contributed by atoms with Crippen LogP contribution in [0.25, 0.3) is 0 Å². The molecular formula is C34H35NO11. The Balaban J connectivity index is 1.59. The van der Waals surface area contributed by atoms with E-state index in [1.54, 1.807) is 42.5 Å². The molecule has 3 aromatic rings. The highest BCUT2D eigenvalue weighted by atomic mass is 16.7. The lowest BCUT2D eigenvalue weighted by Gasteiger charge is -2.44. The Hall–Kier alpha value is -5.23. The monoisotopic (exact) mass is 633 g/mol. The van der Waals surface area contributed by atoms with Gasteiger partial charge in [0.2, 0.25) is 6.29 Å². The van der Waals surface area contributed by atoms with Crippen molar-refractivity contribution in [2.45, 2.75) is 64.4 Å². The normalized spacial score (nSPS) is 20.5. The van der Waals surface area contributed by atoms with Crippen LogP contribution in [0.2, 0.25) is 0 Å². The molecule has 5 atom stereocenters. The molecule has 1 amide bonds. The maximum absolute atomic E-state index is 13.5. The summed E-state index contributed by atoms with van der Waals surface area (Å²) in [7, 11) is 0. The summed E-state index contributed by atoms with van der Waals surface area (Å²) in [6, 6.07) is 23.3. The maximum atomic E-state index is 13.5. The number of rotatable bonds is 12. The average molecular weight is 634 g/mol. The number of hydrogen-bond acceptors (Lipinski definition) is 11. The zero-order chi connectivity index (χ0) is 33.1. The number of hydrogen-bond donors (Lipinski definition) is 1. The second kappa shape index (κ2) is 16.2. The van der Waals surface area contributed by atoms with Crippen LogP contribution in [-0.4, -0.2) is 67.0 Å². The van der Waals surface area contributed by atoms with Crippen molar-refractivity contribution in [1.29, 1.82) is 0 Å². The second-order valence-corrected chi connectivity index (χ2v) is 10.4. The minimum absolute atomic E-state index is 0.133. The molecule has 0 saturated carbocycles. The van der Waals surface area contributed by atoms with E-state index in [1.165, 1.54) is 19.1 Å². The van der Waals surface area contributed by atoms with E-state index in [1.807, 2.05) is 30.3 Å². The van der Waals surface area contributed by atoms with Crippen molar-refractivity contribution in [3.8, 4) is 5.75 Å². The maximum Gasteiger partial charge on any atom is 0.312 e. The van der Waals surface area contributed by atoms with Crippen LogP contribution in [0.3, 0.4) is 0 Å². The van der Waals surface area contributed by atoms with Crippen LogP contribution in [-0.2, 0) is 55.9 Å². The van der Waals surface area contributed by atoms with Gasteiger partial charge in [-0.25, -0.2) is 0 Å². The highest BCUT2D eigenvalue weighted by Gasteiger charge is 2.52. The van der Waals surface area contributed by atoms with Crippen molar-refractivity contribution in [3.63, 3.8) is 0 Å². The lowest BCUT2D eigenvalue weighted by atomic mass is 9.95. The average Bonchev–Trinajstić information content (AvgIpc) is 3.02. The lowest BCUT2D eigenvalue weighted by molar-refractivity contribution is -0.270. The van der Waals surface area contributed by atoms with Crippen molar-refractivity contribution in [3.05, 3.63) is 102 Å². The van der Waals surface area contributed by atoms with Crippen LogP contribution in [0.1, 0.15) is 42.3 Å². The first-order valence-electron chi connectivity index (χ1n) is 14.5. The van der Waals surface area contributed by atoms with Gasteiger partial charge in [0.1, 0.15) is 31.1 Å². The molecule has 0 aromatic heterocycles. The minimum Gasteiger partial charge on any atom is -0.489 e. The molecule has 1 aliphatic heterocycles. The molecule has 1 N–H and O–H groups in total. The van der Waals surface area contributed by atoms with Crippen molar-refractivity contribution >= 4 is 29.8 Å². The molecule has 0 unspecified atom stereocenters. The number of amides is 1. The van der Waals surface area contributed by atoms with Gasteiger partial charge in [0.25, 0.3) is 5.91 Å². The first-order chi connectivity index (χ1) is 22.1. The summed E-state index contributed by atoms with van der Waals surface area (Å²) in [6.45, 7) is 3.34. The molecule has 1 saturated heterocycles. The van der Waals surface area contributed by atoms with Gasteiger partial charge >= 0.3 is 23.9 Å². The summed E-state index contributed by atoms with van der Waals surface area (Å²) < 4.78 is 33.6. The standard InChI is InChI=1S/C34H35NO11/c1-21(36)41-20-28-31(43-22(2)37)32(44-23(3)38)30(34(45-28)46-29(39)18-24-10-6-4-7-11-24)35-33(40)26-14-16-27(17-15-26)42-19-25-12-8-5-9-13-25/h4-17,28,30-32,34H,18-20H2,1-3H3,(H,35,40)/t28-,30+,31+,32-,34+/m1/s1. The third kappa shape index (κ3) is 9.89. The Bertz CT molecular complexity index is 1490. The third-order valence-electron chi connectivity index (χ3n) is 6.80. The minimum atomic E-state index is -1.54. The van der Waals surface area contributed by atoms with Crippen LogP contribution in [0.5, 0.6) is 5.75 Å². The van der Waals surface area contributed by atoms with Gasteiger partial charge < -0.3 is 33.7 Å². The van der Waals surface area contributed by atoms with Crippen LogP contribution in [0.15, 0.2) is 84.9 Å². The second-order valence-electron chi connectivity index (χ2n) is 10.4. The molecule has 242 valence electrons. The highest BCUT2D eigenvalue weighted by molar-refractivity contribution is 5.94. The lowest BCUT2D eigenvalue weighted by Crippen LogP contribution is -2.67. The molecule has 1 aliphatic rings. The van der Waals surface area contributed by atoms with E-state index in [2.05, 4.69) is 5.32 Å². The summed E-state index contributed by atoms with van der Waals surface area (Å²) in [5.74, 6) is -3.01. The number of ether oxygens (including phenoxy) is 6. The third-order valence-corrected chi connectivity index (χ3v) is 6.80. The van der Waals surface area contributed by atoms with Gasteiger partial charge in [0, 0.05) is 26.3 Å². The number of carbonyl (C=O) groups is 5. The SMILES string of the molecule is CC(=O)OC[C@H]1O[C@@H](OC(=O)Cc2ccccc2)[C@@H](NC(=O)c2ccc(OCc3ccccc3)cc2)[C@@H](OC(C)=O)[C@H]1OC(C)=O. The molecule has 1 heterocycles. The van der Waals surface area contributed by atoms with Gasteiger partial charge in [-0.15, -0.1) is 0 Å². The zero-order valence-corrected chi connectivity index (χ0v) is 25.6. The van der Waals surface area contributed by atoms with Crippen LogP contribution < -0.4 is 10.1 Å². The van der Waals surface area contributed by atoms with Gasteiger partial charge in [-0.2, -0.15) is 0 Å². The number of benzene rings is 3. The largest absolute Gasteiger partial charge is 0.489 e. The molecule has 12 nitrogen and oxygen atoms in total. The van der Waals surface area contributed by atoms with E-state index in [0.29, 0.717) is 17.9 Å². The van der Waals surface area contributed by atoms with Gasteiger partial charge in [0.15, 0.2) is 12.2 Å². The van der Waals surface area contributed by atoms with Crippen molar-refractivity contribution in [1.82, 2.24) is 5.32 Å². The summed E-state index contributed by atoms with van der Waals surface area (Å²) in [4.78, 5) is 62.5. The molecule has 3 aromatic carbocycles. The Morgan fingerprint density at radius 3 is 1.87 bits per heavy atom. The predicted molar refractivity (Wildman–Crippen MR) is 161 cm³/mol. The van der Waals surface area contributed by atoms with Crippen LogP contribution in [0, 0.1) is 0 Å². The first kappa shape index (κ1) is 33.7. The van der Waals surface area contributed by atoms with Crippen molar-refractivity contribution in [2.24, 2.45) is 0 Å². The number of esters is 4. The molecule has 1 fully saturated rings. The van der Waals surface area contributed by atoms with E-state index >= 15 is 0 Å². The van der Waals surface area contributed by atoms with Gasteiger partial charge in [-0.3, -0.25) is 24.0 Å². The predicted octanol–water partition coefficient (Wildman–Crippen LogP) is 3.30. The molecule has 0 radical (unpaired) electrons. The summed E-state index contributed by atoms with van der Waals surface area (Å²) in [5, 5.41) is 2.72. The molecule has 0 aliphatic carbocycles. The molecule has 4 rings (SSSR count). The summed E-state index contributed by atoms with van der Waals surface area (Å²) >= 11 is 0. The van der Waals surface area contributed by atoms with Gasteiger partial charge in [-0.1, -0.05) is 60.7 Å². The first-order valence-corrected chi connectivity index (χ1v) is 14.5. The molecule has 0 spiro atoms. The molecule has 12 heteroatoms. The highest BCUT2D eigenvalue weighted by Crippen LogP contribution is 2.29. The Morgan fingerprint density at radius 1 is 0.696 bits per heavy atom. The van der Waals surface area contributed by atoms with Gasteiger partial charge in [-0.05, 0) is 35.4 Å². The fourth-order valence-corrected chi connectivity index (χ4v) is 4.77. The molecule has 0 bridgehead atoms. The topological polar surface area (TPSA) is 153 Å². The van der Waals surface area contributed by atoms with Crippen molar-refractivity contribution < 1.29 is 52.4 Å². The quantitative estimate of drug-likeness (QED) is 0.231. The van der Waals surface area contributed by atoms with E-state index in [-0.39, 0.29) is 12.0 Å². The Labute approximate surface area is 265 Å². The number of carbonyl (C=O) groups excluding carboxylic acids is 5. The van der Waals surface area contributed by atoms with E-state index in [4.69, 9.17) is 28.4 Å². The molecular weight excluding hydrogens is 598 g/mol. The van der Waals surface area contributed by atoms with Crippen LogP contribution in [0.4, 0.5) is 0 Å². The van der Waals surface area contributed by atoms with E-state index in [0.717, 1.165) is 19.4 Å². The van der Waals surface area contributed by atoms with Crippen LogP contribution >= 0.6 is 0 Å². The van der Waals surface area contributed by atoms with Crippen molar-refractivity contribution in [2.75, 3.05) is 6.61 Å². The van der Waals surface area contributed by atoms with Gasteiger partial charge in [0.05, 0.1) is 6.42 Å². The van der Waals surface area contributed by atoms with E-state index < -0.39 is 67.0 Å². The Morgan fingerprint density at radius 2 is 1.28 bits per heavy atom. The fraction of sp³-hybridized carbons (Fsp3) is 0.324. The molecule has 46 heavy (non-hydrogen) atoms. The summed E-state index contributed by atoms with van der Waals surface area (Å²) in [5.41, 5.74) is 1.83. The zero-order valence-electron chi connectivity index (χ0n) is 25.6.